The molecule has 92 valence electrons. The Hall–Kier alpha value is -1.30. The average Bonchev–Trinajstić information content (AvgIpc) is 2.65. The van der Waals surface area contributed by atoms with E-state index in [4.69, 9.17) is 9.84 Å². The molecule has 6 heteroatoms. The molecule has 1 heterocycles. The van der Waals surface area contributed by atoms with Gasteiger partial charge >= 0.3 is 12.0 Å². The van der Waals surface area contributed by atoms with Crippen LogP contribution in [0.3, 0.4) is 0 Å². The summed E-state index contributed by atoms with van der Waals surface area (Å²) in [5.41, 5.74) is 0. The number of urea groups is 1. The molecule has 6 nitrogen and oxygen atoms in total. The first-order chi connectivity index (χ1) is 7.65. The zero-order chi connectivity index (χ0) is 12.0. The predicted octanol–water partition coefficient (Wildman–Crippen LogP) is 0.281. The van der Waals surface area contributed by atoms with Gasteiger partial charge in [0.25, 0.3) is 0 Å². The molecule has 2 N–H and O–H groups in total. The van der Waals surface area contributed by atoms with E-state index in [2.05, 4.69) is 5.32 Å². The standard InChI is InChI=1S/C10H18N2O4/c1-16-6-4-11-10(15)12-5-2-3-8(12)7-9(13)14/h8H,2-7H2,1H3,(H,11,15)(H,13,14). The molecule has 0 aliphatic carbocycles. The minimum atomic E-state index is -0.860. The van der Waals surface area contributed by atoms with Crippen molar-refractivity contribution in [3.63, 3.8) is 0 Å². The lowest BCUT2D eigenvalue weighted by molar-refractivity contribution is -0.137. The van der Waals surface area contributed by atoms with Crippen molar-refractivity contribution in [2.75, 3.05) is 26.8 Å². The highest BCUT2D eigenvalue weighted by atomic mass is 16.5. The molecule has 1 saturated heterocycles. The number of rotatable bonds is 5. The summed E-state index contributed by atoms with van der Waals surface area (Å²) in [7, 11) is 1.56. The van der Waals surface area contributed by atoms with Crippen LogP contribution in [0.4, 0.5) is 4.79 Å². The highest BCUT2D eigenvalue weighted by Gasteiger charge is 2.29. The fourth-order valence-electron chi connectivity index (χ4n) is 1.88. The summed E-state index contributed by atoms with van der Waals surface area (Å²) >= 11 is 0. The van der Waals surface area contributed by atoms with Gasteiger partial charge in [-0.15, -0.1) is 0 Å². The highest BCUT2D eigenvalue weighted by molar-refractivity contribution is 5.76. The van der Waals surface area contributed by atoms with Gasteiger partial charge in [-0.25, -0.2) is 4.79 Å². The molecule has 1 aliphatic heterocycles. The Bertz CT molecular complexity index is 257. The number of nitrogens with one attached hydrogen (secondary N) is 1. The van der Waals surface area contributed by atoms with Gasteiger partial charge in [0.05, 0.1) is 13.0 Å². The number of carboxylic acid groups (broad SMARTS) is 1. The second-order valence-corrected chi connectivity index (χ2v) is 3.81. The van der Waals surface area contributed by atoms with Crippen LogP contribution in [0.25, 0.3) is 0 Å². The van der Waals surface area contributed by atoms with E-state index < -0.39 is 5.97 Å². The van der Waals surface area contributed by atoms with E-state index in [1.54, 1.807) is 12.0 Å². The largest absolute Gasteiger partial charge is 0.481 e. The summed E-state index contributed by atoms with van der Waals surface area (Å²) in [5, 5.41) is 11.4. The van der Waals surface area contributed by atoms with E-state index >= 15 is 0 Å². The van der Waals surface area contributed by atoms with Crippen LogP contribution in [-0.4, -0.2) is 54.9 Å². The first-order valence-electron chi connectivity index (χ1n) is 5.40. The molecule has 1 aliphatic rings. The molecule has 1 fully saturated rings. The number of carboxylic acids is 1. The van der Waals surface area contributed by atoms with E-state index in [0.717, 1.165) is 12.8 Å². The van der Waals surface area contributed by atoms with Gasteiger partial charge in [-0.05, 0) is 12.8 Å². The molecule has 2 amide bonds. The minimum Gasteiger partial charge on any atom is -0.481 e. The normalized spacial score (nSPS) is 19.8. The van der Waals surface area contributed by atoms with Crippen molar-refractivity contribution in [1.29, 1.82) is 0 Å². The van der Waals surface area contributed by atoms with Gasteiger partial charge in [0, 0.05) is 26.2 Å². The quantitative estimate of drug-likeness (QED) is 0.665. The average molecular weight is 230 g/mol. The lowest BCUT2D eigenvalue weighted by Gasteiger charge is -2.23. The molecule has 0 bridgehead atoms. The lowest BCUT2D eigenvalue weighted by atomic mass is 10.1. The molecule has 16 heavy (non-hydrogen) atoms. The van der Waals surface area contributed by atoms with Crippen molar-refractivity contribution in [1.82, 2.24) is 10.2 Å². The Balaban J connectivity index is 2.38. The van der Waals surface area contributed by atoms with Crippen molar-refractivity contribution >= 4 is 12.0 Å². The third kappa shape index (κ3) is 3.69. The summed E-state index contributed by atoms with van der Waals surface area (Å²) in [6.07, 6.45) is 1.66. The molecule has 0 aromatic heterocycles. The van der Waals surface area contributed by atoms with Crippen molar-refractivity contribution < 1.29 is 19.4 Å². The number of carbonyl (C=O) groups is 2. The van der Waals surface area contributed by atoms with E-state index in [0.29, 0.717) is 19.7 Å². The zero-order valence-electron chi connectivity index (χ0n) is 9.44. The number of methoxy groups -OCH3 is 1. The third-order valence-electron chi connectivity index (χ3n) is 2.63. The fourth-order valence-corrected chi connectivity index (χ4v) is 1.88. The maximum absolute atomic E-state index is 11.7. The fraction of sp³-hybridized carbons (Fsp3) is 0.800. The molecule has 0 spiro atoms. The Morgan fingerprint density at radius 2 is 2.31 bits per heavy atom. The number of ether oxygens (including phenoxy) is 1. The van der Waals surface area contributed by atoms with E-state index in [9.17, 15) is 9.59 Å². The molecule has 1 atom stereocenters. The van der Waals surface area contributed by atoms with Crippen LogP contribution in [0.5, 0.6) is 0 Å². The Morgan fingerprint density at radius 3 is 2.94 bits per heavy atom. The van der Waals surface area contributed by atoms with Crippen molar-refractivity contribution in [2.24, 2.45) is 0 Å². The van der Waals surface area contributed by atoms with Gasteiger partial charge < -0.3 is 20.1 Å². The zero-order valence-corrected chi connectivity index (χ0v) is 9.44. The number of likely N-dealkylation sites (tertiary alicyclic amines) is 1. The van der Waals surface area contributed by atoms with E-state index in [1.807, 2.05) is 0 Å². The van der Waals surface area contributed by atoms with Crippen molar-refractivity contribution in [3.05, 3.63) is 0 Å². The molecule has 0 saturated carbocycles. The van der Waals surface area contributed by atoms with Gasteiger partial charge in [-0.1, -0.05) is 0 Å². The number of nitrogens with zero attached hydrogens (tertiary/aromatic N) is 1. The number of hydrogen-bond acceptors (Lipinski definition) is 3. The highest BCUT2D eigenvalue weighted by Crippen LogP contribution is 2.19. The second kappa shape index (κ2) is 6.32. The van der Waals surface area contributed by atoms with Gasteiger partial charge in [0.2, 0.25) is 0 Å². The van der Waals surface area contributed by atoms with Crippen LogP contribution in [0.1, 0.15) is 19.3 Å². The first kappa shape index (κ1) is 12.8. The maximum atomic E-state index is 11.7. The summed E-state index contributed by atoms with van der Waals surface area (Å²) < 4.78 is 4.82. The smallest absolute Gasteiger partial charge is 0.317 e. The molecule has 1 unspecified atom stereocenters. The monoisotopic (exact) mass is 230 g/mol. The molecule has 0 aromatic rings. The van der Waals surface area contributed by atoms with Crippen LogP contribution >= 0.6 is 0 Å². The molecular weight excluding hydrogens is 212 g/mol. The topological polar surface area (TPSA) is 78.9 Å². The molecule has 1 rings (SSSR count). The van der Waals surface area contributed by atoms with Crippen molar-refractivity contribution in [3.8, 4) is 0 Å². The lowest BCUT2D eigenvalue weighted by Crippen LogP contribution is -2.44. The predicted molar refractivity (Wildman–Crippen MR) is 57.3 cm³/mol. The van der Waals surface area contributed by atoms with Gasteiger partial charge in [0.1, 0.15) is 0 Å². The second-order valence-electron chi connectivity index (χ2n) is 3.81. The van der Waals surface area contributed by atoms with E-state index in [1.165, 1.54) is 0 Å². The van der Waals surface area contributed by atoms with Crippen LogP contribution in [0.2, 0.25) is 0 Å². The van der Waals surface area contributed by atoms with Gasteiger partial charge in [0.15, 0.2) is 0 Å². The SMILES string of the molecule is COCCNC(=O)N1CCCC1CC(=O)O. The third-order valence-corrected chi connectivity index (χ3v) is 2.63. The molecule has 0 radical (unpaired) electrons. The van der Waals surface area contributed by atoms with Gasteiger partial charge in [-0.2, -0.15) is 0 Å². The van der Waals surface area contributed by atoms with Crippen LogP contribution in [0, 0.1) is 0 Å². The Labute approximate surface area is 94.6 Å². The van der Waals surface area contributed by atoms with Crippen LogP contribution in [0.15, 0.2) is 0 Å². The molecular formula is C10H18N2O4. The van der Waals surface area contributed by atoms with Crippen molar-refractivity contribution in [2.45, 2.75) is 25.3 Å². The summed E-state index contributed by atoms with van der Waals surface area (Å²) in [4.78, 5) is 23.9. The maximum Gasteiger partial charge on any atom is 0.317 e. The number of aliphatic carboxylic acids is 1. The number of amides is 2. The molecule has 0 aromatic carbocycles. The van der Waals surface area contributed by atoms with Gasteiger partial charge in [-0.3, -0.25) is 4.79 Å². The number of carbonyl (C=O) groups excluding carboxylic acids is 1. The van der Waals surface area contributed by atoms with Crippen LogP contribution in [-0.2, 0) is 9.53 Å². The number of hydrogen-bond donors (Lipinski definition) is 2. The minimum absolute atomic E-state index is 0.0255. The summed E-state index contributed by atoms with van der Waals surface area (Å²) in [5.74, 6) is -0.860. The Morgan fingerprint density at radius 1 is 1.56 bits per heavy atom. The van der Waals surface area contributed by atoms with Crippen LogP contribution < -0.4 is 5.32 Å². The first-order valence-corrected chi connectivity index (χ1v) is 5.40. The summed E-state index contributed by atoms with van der Waals surface area (Å²) in [6, 6.07) is -0.360. The Kier molecular flexibility index (Phi) is 5.04. The van der Waals surface area contributed by atoms with E-state index in [-0.39, 0.29) is 18.5 Å². The summed E-state index contributed by atoms with van der Waals surface area (Å²) in [6.45, 7) is 1.55.